The number of alkyl halides is 3. The number of urea groups is 1. The number of hydrogen-bond acceptors (Lipinski definition) is 6. The maximum Gasteiger partial charge on any atom is 0.573 e. The van der Waals surface area contributed by atoms with Gasteiger partial charge in [0.1, 0.15) is 5.54 Å². The number of nitrogens with zero attached hydrogens (tertiary/aromatic N) is 3. The number of nitrogens with one attached hydrogen (secondary N) is 2. The Morgan fingerprint density at radius 2 is 1.81 bits per heavy atom. The van der Waals surface area contributed by atoms with Gasteiger partial charge in [0.25, 0.3) is 5.91 Å². The van der Waals surface area contributed by atoms with Gasteiger partial charge in [-0.25, -0.2) is 9.69 Å². The molecule has 0 atom stereocenters. The molecule has 1 aromatic carbocycles. The number of ether oxygens (including phenoxy) is 1. The van der Waals surface area contributed by atoms with Crippen molar-refractivity contribution in [2.75, 3.05) is 16.8 Å². The van der Waals surface area contributed by atoms with Crippen LogP contribution in [0.2, 0.25) is 0 Å². The van der Waals surface area contributed by atoms with Crippen LogP contribution in [0.1, 0.15) is 45.1 Å². The number of carbonyl (C=O) groups excluding carboxylic acids is 3. The molecular weight excluding hydrogens is 491 g/mol. The van der Waals surface area contributed by atoms with Crippen molar-refractivity contribution in [3.63, 3.8) is 0 Å². The van der Waals surface area contributed by atoms with Gasteiger partial charge in [-0.15, -0.1) is 13.2 Å². The number of halogens is 3. The second kappa shape index (κ2) is 10.4. The molecule has 1 aliphatic heterocycles. The number of imide groups is 1. The second-order valence-corrected chi connectivity index (χ2v) is 9.56. The summed E-state index contributed by atoms with van der Waals surface area (Å²) >= 11 is 0. The average molecular weight is 520 g/mol. The zero-order chi connectivity index (χ0) is 26.8. The maximum absolute atomic E-state index is 13.3. The van der Waals surface area contributed by atoms with Gasteiger partial charge in [-0.05, 0) is 62.6 Å². The Balaban J connectivity index is 1.59. The Hall–Kier alpha value is -3.67. The number of pyridine rings is 1. The molecule has 9 nitrogen and oxygen atoms in total. The SMILES string of the molecule is CC1(C)C(=O)N(c2ccc(OC(F)(F)F)c(NC(=O)CNC3CCCC3)c2)C(=O)N1Cc1ccncc1. The Morgan fingerprint density at radius 3 is 2.46 bits per heavy atom. The minimum Gasteiger partial charge on any atom is -0.404 e. The Kier molecular flexibility index (Phi) is 7.39. The lowest BCUT2D eigenvalue weighted by atomic mass is 10.0. The van der Waals surface area contributed by atoms with Gasteiger partial charge in [-0.1, -0.05) is 12.8 Å². The zero-order valence-electron chi connectivity index (χ0n) is 20.5. The fourth-order valence-corrected chi connectivity index (χ4v) is 4.53. The molecular formula is C25H28F3N5O4. The molecule has 0 unspecified atom stereocenters. The first-order valence-corrected chi connectivity index (χ1v) is 11.9. The highest BCUT2D eigenvalue weighted by Crippen LogP contribution is 2.38. The van der Waals surface area contributed by atoms with Crippen LogP contribution in [0.3, 0.4) is 0 Å². The van der Waals surface area contributed by atoms with Crippen LogP contribution >= 0.6 is 0 Å². The number of rotatable bonds is 8. The third kappa shape index (κ3) is 6.01. The lowest BCUT2D eigenvalue weighted by Crippen LogP contribution is -2.43. The highest BCUT2D eigenvalue weighted by atomic mass is 19.4. The van der Waals surface area contributed by atoms with E-state index in [-0.39, 0.29) is 30.5 Å². The highest BCUT2D eigenvalue weighted by molar-refractivity contribution is 6.23. The molecule has 1 saturated carbocycles. The van der Waals surface area contributed by atoms with Gasteiger partial charge in [0.15, 0.2) is 5.75 Å². The molecule has 198 valence electrons. The van der Waals surface area contributed by atoms with E-state index in [9.17, 15) is 27.6 Å². The van der Waals surface area contributed by atoms with Gasteiger partial charge in [-0.2, -0.15) is 0 Å². The van der Waals surface area contributed by atoms with Crippen LogP contribution in [0.4, 0.5) is 29.3 Å². The average Bonchev–Trinajstić information content (AvgIpc) is 3.41. The number of benzene rings is 1. The predicted molar refractivity (Wildman–Crippen MR) is 129 cm³/mol. The summed E-state index contributed by atoms with van der Waals surface area (Å²) in [4.78, 5) is 45.4. The van der Waals surface area contributed by atoms with Crippen molar-refractivity contribution in [1.29, 1.82) is 0 Å². The molecule has 0 radical (unpaired) electrons. The Morgan fingerprint density at radius 1 is 1.14 bits per heavy atom. The van der Waals surface area contributed by atoms with Crippen LogP contribution in [-0.2, 0) is 16.1 Å². The summed E-state index contributed by atoms with van der Waals surface area (Å²) in [5.74, 6) is -1.79. The van der Waals surface area contributed by atoms with Crippen LogP contribution in [-0.4, -0.2) is 52.2 Å². The van der Waals surface area contributed by atoms with Crippen LogP contribution in [0, 0.1) is 0 Å². The Labute approximate surface area is 212 Å². The summed E-state index contributed by atoms with van der Waals surface area (Å²) in [6, 6.07) is 6.25. The van der Waals surface area contributed by atoms with Crippen molar-refractivity contribution in [3.8, 4) is 5.75 Å². The largest absolute Gasteiger partial charge is 0.573 e. The van der Waals surface area contributed by atoms with Gasteiger partial charge in [0, 0.05) is 25.0 Å². The second-order valence-electron chi connectivity index (χ2n) is 9.56. The first kappa shape index (κ1) is 26.4. The van der Waals surface area contributed by atoms with E-state index in [1.807, 2.05) is 0 Å². The smallest absolute Gasteiger partial charge is 0.404 e. The molecule has 2 aliphatic rings. The molecule has 2 N–H and O–H groups in total. The number of aromatic nitrogens is 1. The van der Waals surface area contributed by atoms with Crippen molar-refractivity contribution in [3.05, 3.63) is 48.3 Å². The van der Waals surface area contributed by atoms with E-state index in [0.717, 1.165) is 48.3 Å². The third-order valence-corrected chi connectivity index (χ3v) is 6.54. The molecule has 37 heavy (non-hydrogen) atoms. The van der Waals surface area contributed by atoms with E-state index in [0.29, 0.717) is 0 Å². The molecule has 2 aromatic rings. The Bertz CT molecular complexity index is 1170. The minimum absolute atomic E-state index is 0.00822. The van der Waals surface area contributed by atoms with Crippen molar-refractivity contribution >= 4 is 29.2 Å². The van der Waals surface area contributed by atoms with Gasteiger partial charge < -0.3 is 20.3 Å². The van der Waals surface area contributed by atoms with Gasteiger partial charge in [0.2, 0.25) is 5.91 Å². The molecule has 2 heterocycles. The van der Waals surface area contributed by atoms with Gasteiger partial charge >= 0.3 is 12.4 Å². The molecule has 0 spiro atoms. The summed E-state index contributed by atoms with van der Waals surface area (Å²) in [7, 11) is 0. The van der Waals surface area contributed by atoms with Crippen molar-refractivity contribution < 1.29 is 32.3 Å². The predicted octanol–water partition coefficient (Wildman–Crippen LogP) is 4.20. The molecule has 2 fully saturated rings. The number of carbonyl (C=O) groups is 3. The summed E-state index contributed by atoms with van der Waals surface area (Å²) in [6.07, 6.45) is 2.09. The van der Waals surface area contributed by atoms with Crippen LogP contribution in [0.15, 0.2) is 42.7 Å². The highest BCUT2D eigenvalue weighted by Gasteiger charge is 2.52. The normalized spacial score (nSPS) is 18.0. The van der Waals surface area contributed by atoms with Crippen LogP contribution in [0.5, 0.6) is 5.75 Å². The summed E-state index contributed by atoms with van der Waals surface area (Å²) in [6.45, 7) is 3.21. The number of hydrogen-bond donors (Lipinski definition) is 2. The summed E-state index contributed by atoms with van der Waals surface area (Å²) in [5.41, 5.74) is -0.772. The third-order valence-electron chi connectivity index (χ3n) is 6.54. The lowest BCUT2D eigenvalue weighted by Gasteiger charge is -2.27. The molecule has 1 saturated heterocycles. The fourth-order valence-electron chi connectivity index (χ4n) is 4.53. The van der Waals surface area contributed by atoms with E-state index < -0.39 is 35.5 Å². The quantitative estimate of drug-likeness (QED) is 0.507. The van der Waals surface area contributed by atoms with Crippen LogP contribution < -0.4 is 20.3 Å². The fraction of sp³-hybridized carbons (Fsp3) is 0.440. The molecule has 4 rings (SSSR count). The van der Waals surface area contributed by atoms with Crippen molar-refractivity contribution in [2.24, 2.45) is 0 Å². The topological polar surface area (TPSA) is 104 Å². The first-order valence-electron chi connectivity index (χ1n) is 11.9. The monoisotopic (exact) mass is 519 g/mol. The number of amides is 4. The first-order chi connectivity index (χ1) is 17.5. The standard InChI is InChI=1S/C25H28F3N5O4/c1-24(2)22(35)33(23(36)32(24)15-16-9-11-29-12-10-16)18-7-8-20(37-25(26,27)28)19(13-18)31-21(34)14-30-17-5-3-4-6-17/h7-13,17,30H,3-6,14-15H2,1-2H3,(H,31,34). The summed E-state index contributed by atoms with van der Waals surface area (Å²) < 4.78 is 43.1. The van der Waals surface area contributed by atoms with E-state index in [1.165, 1.54) is 11.0 Å². The van der Waals surface area contributed by atoms with Gasteiger partial charge in [-0.3, -0.25) is 14.6 Å². The van der Waals surface area contributed by atoms with Crippen molar-refractivity contribution in [1.82, 2.24) is 15.2 Å². The molecule has 1 aromatic heterocycles. The van der Waals surface area contributed by atoms with Crippen LogP contribution in [0.25, 0.3) is 0 Å². The van der Waals surface area contributed by atoms with Crippen molar-refractivity contribution in [2.45, 2.75) is 64.0 Å². The van der Waals surface area contributed by atoms with E-state index in [1.54, 1.807) is 38.4 Å². The number of anilines is 2. The van der Waals surface area contributed by atoms with E-state index in [2.05, 4.69) is 20.4 Å². The van der Waals surface area contributed by atoms with E-state index >= 15 is 0 Å². The zero-order valence-corrected chi connectivity index (χ0v) is 20.5. The lowest BCUT2D eigenvalue weighted by molar-refractivity contribution is -0.274. The molecule has 1 aliphatic carbocycles. The molecule has 12 heteroatoms. The maximum atomic E-state index is 13.3. The summed E-state index contributed by atoms with van der Waals surface area (Å²) in [5, 5.41) is 5.51. The minimum atomic E-state index is -5.01. The van der Waals surface area contributed by atoms with Gasteiger partial charge in [0.05, 0.1) is 17.9 Å². The van der Waals surface area contributed by atoms with E-state index in [4.69, 9.17) is 0 Å². The molecule has 0 bridgehead atoms. The molecule has 4 amide bonds.